The van der Waals surface area contributed by atoms with E-state index in [0.717, 1.165) is 11.1 Å². The molecule has 0 saturated carbocycles. The second-order valence-electron chi connectivity index (χ2n) is 3.28. The quantitative estimate of drug-likeness (QED) is 0.805. The van der Waals surface area contributed by atoms with Crippen LogP contribution in [0.2, 0.25) is 0 Å². The molecule has 2 aromatic rings. The summed E-state index contributed by atoms with van der Waals surface area (Å²) in [7, 11) is 0. The Morgan fingerprint density at radius 1 is 1.06 bits per heavy atom. The van der Waals surface area contributed by atoms with E-state index in [1.165, 1.54) is 12.3 Å². The van der Waals surface area contributed by atoms with Gasteiger partial charge in [-0.25, -0.2) is 9.78 Å². The van der Waals surface area contributed by atoms with Gasteiger partial charge in [0.05, 0.1) is 0 Å². The van der Waals surface area contributed by atoms with Crippen molar-refractivity contribution < 1.29 is 15.0 Å². The molecule has 0 radical (unpaired) electrons. The molecule has 1 heterocycles. The first kappa shape index (κ1) is 10.2. The number of hydrogen-bond acceptors (Lipinski definition) is 3. The predicted octanol–water partition coefficient (Wildman–Crippen LogP) is 2.15. The number of rotatable bonds is 2. The van der Waals surface area contributed by atoms with Crippen LogP contribution in [0.3, 0.4) is 0 Å². The van der Waals surface area contributed by atoms with Crippen LogP contribution < -0.4 is 0 Å². The predicted molar refractivity (Wildman–Crippen MR) is 58.3 cm³/mol. The molecule has 16 heavy (non-hydrogen) atoms. The Bertz CT molecular complexity index is 520. The third-order valence-corrected chi connectivity index (χ3v) is 2.18. The molecule has 0 fully saturated rings. The van der Waals surface area contributed by atoms with Crippen LogP contribution >= 0.6 is 0 Å². The van der Waals surface area contributed by atoms with Crippen LogP contribution in [0.25, 0.3) is 11.1 Å². The number of phenols is 1. The van der Waals surface area contributed by atoms with Crippen molar-refractivity contribution in [2.45, 2.75) is 0 Å². The van der Waals surface area contributed by atoms with Crippen LogP contribution in [0.1, 0.15) is 10.5 Å². The first-order valence-electron chi connectivity index (χ1n) is 4.65. The SMILES string of the molecule is O=C(O)c1cc(-c2ccc(O)cc2)ccn1. The van der Waals surface area contributed by atoms with Gasteiger partial charge in [0.2, 0.25) is 0 Å². The maximum absolute atomic E-state index is 10.7. The van der Waals surface area contributed by atoms with Gasteiger partial charge in [0, 0.05) is 6.20 Å². The molecule has 1 aromatic heterocycles. The third-order valence-electron chi connectivity index (χ3n) is 2.18. The minimum Gasteiger partial charge on any atom is -0.508 e. The number of carboxylic acids is 1. The van der Waals surface area contributed by atoms with Gasteiger partial charge in [-0.15, -0.1) is 0 Å². The van der Waals surface area contributed by atoms with E-state index in [9.17, 15) is 4.79 Å². The van der Waals surface area contributed by atoms with Gasteiger partial charge in [-0.1, -0.05) is 12.1 Å². The fourth-order valence-corrected chi connectivity index (χ4v) is 1.38. The number of benzene rings is 1. The minimum atomic E-state index is -1.05. The number of aromatic hydroxyl groups is 1. The number of aromatic carboxylic acids is 1. The molecule has 0 spiro atoms. The molecule has 2 N–H and O–H groups in total. The van der Waals surface area contributed by atoms with Gasteiger partial charge >= 0.3 is 5.97 Å². The Kier molecular flexibility index (Phi) is 2.55. The van der Waals surface area contributed by atoms with Crippen LogP contribution in [0.5, 0.6) is 5.75 Å². The smallest absolute Gasteiger partial charge is 0.354 e. The largest absolute Gasteiger partial charge is 0.508 e. The lowest BCUT2D eigenvalue weighted by Crippen LogP contribution is -1.99. The Labute approximate surface area is 91.8 Å². The molecular formula is C12H9NO3. The molecule has 0 atom stereocenters. The zero-order valence-electron chi connectivity index (χ0n) is 8.29. The number of aromatic nitrogens is 1. The normalized spacial score (nSPS) is 10.0. The Balaban J connectivity index is 2.44. The van der Waals surface area contributed by atoms with E-state index >= 15 is 0 Å². The summed E-state index contributed by atoms with van der Waals surface area (Å²) in [6, 6.07) is 9.76. The number of carboxylic acid groups (broad SMARTS) is 1. The average Bonchev–Trinajstić information content (AvgIpc) is 2.30. The van der Waals surface area contributed by atoms with Crippen LogP contribution in [0.15, 0.2) is 42.6 Å². The van der Waals surface area contributed by atoms with Crippen molar-refractivity contribution in [2.75, 3.05) is 0 Å². The van der Waals surface area contributed by atoms with Crippen molar-refractivity contribution in [3.05, 3.63) is 48.3 Å². The molecule has 4 nitrogen and oxygen atoms in total. The van der Waals surface area contributed by atoms with Crippen molar-refractivity contribution in [1.82, 2.24) is 4.98 Å². The molecule has 4 heteroatoms. The van der Waals surface area contributed by atoms with Gasteiger partial charge < -0.3 is 10.2 Å². The lowest BCUT2D eigenvalue weighted by molar-refractivity contribution is 0.0690. The van der Waals surface area contributed by atoms with Crippen molar-refractivity contribution in [3.8, 4) is 16.9 Å². The first-order chi connectivity index (χ1) is 7.66. The zero-order valence-corrected chi connectivity index (χ0v) is 8.29. The summed E-state index contributed by atoms with van der Waals surface area (Å²) in [5.74, 6) is -0.878. The number of nitrogens with zero attached hydrogens (tertiary/aromatic N) is 1. The van der Waals surface area contributed by atoms with Gasteiger partial charge in [0.15, 0.2) is 0 Å². The summed E-state index contributed by atoms with van der Waals surface area (Å²) in [5, 5.41) is 17.9. The monoisotopic (exact) mass is 215 g/mol. The second-order valence-corrected chi connectivity index (χ2v) is 3.28. The van der Waals surface area contributed by atoms with Gasteiger partial charge in [-0.3, -0.25) is 0 Å². The number of carbonyl (C=O) groups is 1. The third kappa shape index (κ3) is 2.00. The molecule has 0 saturated heterocycles. The van der Waals surface area contributed by atoms with Crippen molar-refractivity contribution in [2.24, 2.45) is 0 Å². The Morgan fingerprint density at radius 3 is 2.38 bits per heavy atom. The Morgan fingerprint density at radius 2 is 1.75 bits per heavy atom. The van der Waals surface area contributed by atoms with Crippen molar-refractivity contribution >= 4 is 5.97 Å². The summed E-state index contributed by atoms with van der Waals surface area (Å²) >= 11 is 0. The molecular weight excluding hydrogens is 206 g/mol. The summed E-state index contributed by atoms with van der Waals surface area (Å²) in [6.45, 7) is 0. The molecule has 0 aliphatic carbocycles. The van der Waals surface area contributed by atoms with E-state index in [4.69, 9.17) is 10.2 Å². The Hall–Kier alpha value is -2.36. The molecule has 0 unspecified atom stereocenters. The second kappa shape index (κ2) is 4.02. The molecule has 0 bridgehead atoms. The van der Waals surface area contributed by atoms with E-state index < -0.39 is 5.97 Å². The lowest BCUT2D eigenvalue weighted by atomic mass is 10.1. The number of phenolic OH excluding ortho intramolecular Hbond substituents is 1. The number of pyridine rings is 1. The highest BCUT2D eigenvalue weighted by atomic mass is 16.4. The highest BCUT2D eigenvalue weighted by molar-refractivity contribution is 5.87. The van der Waals surface area contributed by atoms with Crippen molar-refractivity contribution in [1.29, 1.82) is 0 Å². The maximum Gasteiger partial charge on any atom is 0.354 e. The van der Waals surface area contributed by atoms with E-state index in [1.54, 1.807) is 30.3 Å². The highest BCUT2D eigenvalue weighted by Gasteiger charge is 2.05. The van der Waals surface area contributed by atoms with Gasteiger partial charge in [0.25, 0.3) is 0 Å². The van der Waals surface area contributed by atoms with Crippen LogP contribution in [0.4, 0.5) is 0 Å². The van der Waals surface area contributed by atoms with Crippen LogP contribution in [0, 0.1) is 0 Å². The van der Waals surface area contributed by atoms with Crippen LogP contribution in [-0.4, -0.2) is 21.2 Å². The summed E-state index contributed by atoms with van der Waals surface area (Å²) in [5.41, 5.74) is 1.60. The highest BCUT2D eigenvalue weighted by Crippen LogP contribution is 2.21. The molecule has 1 aromatic carbocycles. The van der Waals surface area contributed by atoms with Crippen molar-refractivity contribution in [3.63, 3.8) is 0 Å². The topological polar surface area (TPSA) is 70.4 Å². The number of hydrogen-bond donors (Lipinski definition) is 2. The first-order valence-corrected chi connectivity index (χ1v) is 4.65. The van der Waals surface area contributed by atoms with E-state index in [-0.39, 0.29) is 11.4 Å². The summed E-state index contributed by atoms with van der Waals surface area (Å²) in [4.78, 5) is 14.5. The molecule has 0 aliphatic rings. The van der Waals surface area contributed by atoms with Gasteiger partial charge in [-0.2, -0.15) is 0 Å². The molecule has 0 amide bonds. The van der Waals surface area contributed by atoms with E-state index in [2.05, 4.69) is 4.98 Å². The molecule has 0 aliphatic heterocycles. The fourth-order valence-electron chi connectivity index (χ4n) is 1.38. The maximum atomic E-state index is 10.7. The standard InChI is InChI=1S/C12H9NO3/c14-10-3-1-8(2-4-10)9-5-6-13-11(7-9)12(15)16/h1-7,14H,(H,15,16). The zero-order chi connectivity index (χ0) is 11.5. The van der Waals surface area contributed by atoms with E-state index in [0.29, 0.717) is 0 Å². The van der Waals surface area contributed by atoms with Crippen LogP contribution in [-0.2, 0) is 0 Å². The molecule has 80 valence electrons. The minimum absolute atomic E-state index is 0.00516. The fraction of sp³-hybridized carbons (Fsp3) is 0. The summed E-state index contributed by atoms with van der Waals surface area (Å²) in [6.07, 6.45) is 1.45. The summed E-state index contributed by atoms with van der Waals surface area (Å²) < 4.78 is 0. The van der Waals surface area contributed by atoms with E-state index in [1.807, 2.05) is 0 Å². The van der Waals surface area contributed by atoms with Gasteiger partial charge in [-0.05, 0) is 35.4 Å². The lowest BCUT2D eigenvalue weighted by Gasteiger charge is -2.02. The van der Waals surface area contributed by atoms with Gasteiger partial charge in [0.1, 0.15) is 11.4 Å². The average molecular weight is 215 g/mol. The molecule has 2 rings (SSSR count).